The van der Waals surface area contributed by atoms with E-state index in [-0.39, 0.29) is 0 Å². The van der Waals surface area contributed by atoms with Crippen molar-refractivity contribution in [2.45, 2.75) is 0 Å². The monoisotopic (exact) mass is 361 g/mol. The Morgan fingerprint density at radius 1 is 1.25 bits per heavy atom. The smallest absolute Gasteiger partial charge is 0.175 e. The van der Waals surface area contributed by atoms with Gasteiger partial charge < -0.3 is 4.52 Å². The minimum atomic E-state index is 0.722. The summed E-state index contributed by atoms with van der Waals surface area (Å²) < 4.78 is 6.56. The summed E-state index contributed by atoms with van der Waals surface area (Å²) in [5, 5.41) is 5.83. The van der Waals surface area contributed by atoms with Gasteiger partial charge in [0, 0.05) is 10.6 Å². The summed E-state index contributed by atoms with van der Waals surface area (Å²) >= 11 is 9.76. The Morgan fingerprint density at radius 3 is 2.75 bits per heavy atom. The van der Waals surface area contributed by atoms with E-state index in [1.165, 1.54) is 2.88 Å². The molecular weight excluding hydrogens is 357 g/mol. The standard InChI is InChI=1S/C11H5ClINOS/c12-7-3-1-6(2-4-7)10-8-5-9(13)16-11(8)14-15-10/h1-5H. The van der Waals surface area contributed by atoms with Gasteiger partial charge in [-0.3, -0.25) is 0 Å². The molecule has 0 spiro atoms. The maximum absolute atomic E-state index is 5.85. The molecule has 16 heavy (non-hydrogen) atoms. The summed E-state index contributed by atoms with van der Waals surface area (Å²) in [5.74, 6) is 0.811. The zero-order valence-electron chi connectivity index (χ0n) is 7.91. The fourth-order valence-electron chi connectivity index (χ4n) is 1.53. The van der Waals surface area contributed by atoms with Crippen LogP contribution >= 0.6 is 45.5 Å². The lowest BCUT2D eigenvalue weighted by Gasteiger charge is -1.95. The van der Waals surface area contributed by atoms with Crippen LogP contribution in [0.5, 0.6) is 0 Å². The van der Waals surface area contributed by atoms with Gasteiger partial charge in [0.2, 0.25) is 0 Å². The molecule has 0 saturated heterocycles. The van der Waals surface area contributed by atoms with Crippen LogP contribution < -0.4 is 0 Å². The van der Waals surface area contributed by atoms with Gasteiger partial charge >= 0.3 is 0 Å². The molecule has 2 aromatic heterocycles. The fraction of sp³-hybridized carbons (Fsp3) is 0. The molecule has 0 aliphatic rings. The van der Waals surface area contributed by atoms with Crippen molar-refractivity contribution in [1.82, 2.24) is 5.16 Å². The van der Waals surface area contributed by atoms with Gasteiger partial charge in [-0.15, -0.1) is 11.3 Å². The molecule has 0 unspecified atom stereocenters. The van der Waals surface area contributed by atoms with E-state index < -0.39 is 0 Å². The second-order valence-electron chi connectivity index (χ2n) is 3.29. The molecule has 0 fully saturated rings. The Balaban J connectivity index is 2.21. The molecule has 0 bridgehead atoms. The Morgan fingerprint density at radius 2 is 2.00 bits per heavy atom. The molecule has 0 amide bonds. The number of aromatic nitrogens is 1. The van der Waals surface area contributed by atoms with Gasteiger partial charge in [-0.1, -0.05) is 16.8 Å². The van der Waals surface area contributed by atoms with E-state index in [2.05, 4.69) is 33.8 Å². The highest BCUT2D eigenvalue weighted by Gasteiger charge is 2.13. The highest BCUT2D eigenvalue weighted by atomic mass is 127. The van der Waals surface area contributed by atoms with Crippen molar-refractivity contribution < 1.29 is 4.52 Å². The predicted octanol–water partition coefficient (Wildman–Crippen LogP) is 4.81. The number of hydrogen-bond acceptors (Lipinski definition) is 3. The lowest BCUT2D eigenvalue weighted by Crippen LogP contribution is -1.73. The Bertz CT molecular complexity index is 644. The highest BCUT2D eigenvalue weighted by Crippen LogP contribution is 2.34. The SMILES string of the molecule is Clc1ccc(-c2onc3sc(I)cc23)cc1. The molecule has 2 nitrogen and oxygen atoms in total. The number of halogens is 2. The number of hydrogen-bond donors (Lipinski definition) is 0. The summed E-state index contributed by atoms with van der Waals surface area (Å²) in [7, 11) is 0. The number of rotatable bonds is 1. The molecule has 0 radical (unpaired) electrons. The highest BCUT2D eigenvalue weighted by molar-refractivity contribution is 14.1. The van der Waals surface area contributed by atoms with E-state index in [4.69, 9.17) is 16.1 Å². The molecule has 0 aliphatic heterocycles. The van der Waals surface area contributed by atoms with Crippen LogP contribution in [-0.2, 0) is 0 Å². The van der Waals surface area contributed by atoms with E-state index in [1.807, 2.05) is 24.3 Å². The molecule has 2 heterocycles. The second-order valence-corrected chi connectivity index (χ2v) is 6.65. The molecule has 5 heteroatoms. The minimum Gasteiger partial charge on any atom is -0.354 e. The summed E-state index contributed by atoms with van der Waals surface area (Å²) in [6, 6.07) is 9.66. The molecule has 1 aromatic carbocycles. The Kier molecular flexibility index (Phi) is 2.65. The van der Waals surface area contributed by atoms with E-state index in [9.17, 15) is 0 Å². The molecule has 3 rings (SSSR count). The van der Waals surface area contributed by atoms with E-state index in [0.717, 1.165) is 26.6 Å². The minimum absolute atomic E-state index is 0.722. The van der Waals surface area contributed by atoms with E-state index >= 15 is 0 Å². The third-order valence-electron chi connectivity index (χ3n) is 2.25. The molecule has 0 aliphatic carbocycles. The van der Waals surface area contributed by atoms with E-state index in [0.29, 0.717) is 0 Å². The summed E-state index contributed by atoms with van der Waals surface area (Å²) in [6.07, 6.45) is 0. The third kappa shape index (κ3) is 1.74. The van der Waals surface area contributed by atoms with Crippen LogP contribution in [-0.4, -0.2) is 5.16 Å². The topological polar surface area (TPSA) is 26.0 Å². The van der Waals surface area contributed by atoms with Crippen LogP contribution in [0.25, 0.3) is 21.5 Å². The summed E-state index contributed by atoms with van der Waals surface area (Å²) in [6.45, 7) is 0. The zero-order chi connectivity index (χ0) is 11.1. The van der Waals surface area contributed by atoms with Crippen LogP contribution in [0.3, 0.4) is 0 Å². The number of thiophene rings is 1. The lowest BCUT2D eigenvalue weighted by molar-refractivity contribution is 0.442. The molecule has 0 N–H and O–H groups in total. The fourth-order valence-corrected chi connectivity index (χ4v) is 3.29. The van der Waals surface area contributed by atoms with Crippen molar-refractivity contribution >= 4 is 55.7 Å². The largest absolute Gasteiger partial charge is 0.354 e. The normalized spacial score (nSPS) is 11.1. The van der Waals surface area contributed by atoms with Crippen molar-refractivity contribution in [2.24, 2.45) is 0 Å². The Labute approximate surface area is 114 Å². The maximum Gasteiger partial charge on any atom is 0.175 e. The molecule has 3 aromatic rings. The van der Waals surface area contributed by atoms with Gasteiger partial charge in [0.1, 0.15) is 0 Å². The van der Waals surface area contributed by atoms with Crippen molar-refractivity contribution in [2.75, 3.05) is 0 Å². The van der Waals surface area contributed by atoms with E-state index in [1.54, 1.807) is 11.3 Å². The predicted molar refractivity (Wildman–Crippen MR) is 75.0 cm³/mol. The Hall–Kier alpha value is -0.590. The average Bonchev–Trinajstić information content (AvgIpc) is 2.78. The van der Waals surface area contributed by atoms with Gasteiger partial charge in [-0.05, 0) is 52.9 Å². The van der Waals surface area contributed by atoms with Crippen LogP contribution in [0.1, 0.15) is 0 Å². The molecule has 80 valence electrons. The van der Waals surface area contributed by atoms with Crippen molar-refractivity contribution in [3.8, 4) is 11.3 Å². The number of benzene rings is 1. The summed E-state index contributed by atoms with van der Waals surface area (Å²) in [4.78, 5) is 0.939. The average molecular weight is 362 g/mol. The van der Waals surface area contributed by atoms with Crippen LogP contribution in [0.4, 0.5) is 0 Å². The first-order valence-corrected chi connectivity index (χ1v) is 6.82. The second kappa shape index (κ2) is 4.01. The van der Waals surface area contributed by atoms with Crippen LogP contribution in [0.15, 0.2) is 34.9 Å². The maximum atomic E-state index is 5.85. The lowest BCUT2D eigenvalue weighted by atomic mass is 10.1. The van der Waals surface area contributed by atoms with Gasteiger partial charge in [0.25, 0.3) is 0 Å². The van der Waals surface area contributed by atoms with Crippen molar-refractivity contribution in [3.05, 3.63) is 38.2 Å². The first kappa shape index (κ1) is 10.6. The first-order valence-electron chi connectivity index (χ1n) is 4.55. The van der Waals surface area contributed by atoms with Crippen molar-refractivity contribution in [3.63, 3.8) is 0 Å². The third-order valence-corrected chi connectivity index (χ3v) is 4.28. The van der Waals surface area contributed by atoms with Gasteiger partial charge in [0.05, 0.1) is 8.27 Å². The van der Waals surface area contributed by atoms with Gasteiger partial charge in [-0.2, -0.15) is 0 Å². The van der Waals surface area contributed by atoms with Crippen LogP contribution in [0.2, 0.25) is 5.02 Å². The van der Waals surface area contributed by atoms with Crippen molar-refractivity contribution in [1.29, 1.82) is 0 Å². The quantitative estimate of drug-likeness (QED) is 0.581. The molecule has 0 atom stereocenters. The zero-order valence-corrected chi connectivity index (χ0v) is 11.6. The number of fused-ring (bicyclic) bond motifs is 1. The molecule has 0 saturated carbocycles. The summed E-state index contributed by atoms with van der Waals surface area (Å²) in [5.41, 5.74) is 1.00. The molecular formula is C11H5ClINOS. The van der Waals surface area contributed by atoms with Gasteiger partial charge in [-0.25, -0.2) is 0 Å². The first-order chi connectivity index (χ1) is 7.74. The number of nitrogens with zero attached hydrogens (tertiary/aromatic N) is 1. The van der Waals surface area contributed by atoms with Gasteiger partial charge in [0.15, 0.2) is 10.6 Å². The van der Waals surface area contributed by atoms with Crippen LogP contribution in [0, 0.1) is 2.88 Å².